The molecule has 0 bridgehead atoms. The molecule has 0 saturated carbocycles. The van der Waals surface area contributed by atoms with Crippen LogP contribution >= 0.6 is 0 Å². The fourth-order valence-corrected chi connectivity index (χ4v) is 3.14. The molecule has 1 N–H and O–H groups in total. The fourth-order valence-electron chi connectivity index (χ4n) is 2.66. The molecule has 0 spiro atoms. The number of nitrogens with zero attached hydrogens (tertiary/aromatic N) is 1. The van der Waals surface area contributed by atoms with E-state index in [0.717, 1.165) is 24.2 Å². The Morgan fingerprint density at radius 1 is 0.810 bits per heavy atom. The van der Waals surface area contributed by atoms with E-state index in [2.05, 4.69) is 17.0 Å². The van der Waals surface area contributed by atoms with Gasteiger partial charge in [-0.15, -0.1) is 0 Å². The summed E-state index contributed by atoms with van der Waals surface area (Å²) >= 11 is 0. The van der Waals surface area contributed by atoms with E-state index in [-0.39, 0.29) is 4.90 Å². The standard InChI is InChI=1S/C16H17NO3S/c18-21(19,20)16-9-5-14(6-10-16)13-3-7-15(8-4-13)17-11-1-2-12-17/h3-10H,1-2,11-12H2,(H,18,19,20). The Labute approximate surface area is 124 Å². The topological polar surface area (TPSA) is 57.6 Å². The van der Waals surface area contributed by atoms with Gasteiger partial charge in [-0.2, -0.15) is 8.42 Å². The maximum absolute atomic E-state index is 11.0. The van der Waals surface area contributed by atoms with Crippen molar-refractivity contribution in [2.75, 3.05) is 18.0 Å². The molecule has 0 aliphatic carbocycles. The van der Waals surface area contributed by atoms with Gasteiger partial charge in [0.2, 0.25) is 0 Å². The molecule has 2 aromatic carbocycles. The van der Waals surface area contributed by atoms with Crippen molar-refractivity contribution in [2.45, 2.75) is 17.7 Å². The van der Waals surface area contributed by atoms with Gasteiger partial charge in [-0.3, -0.25) is 4.55 Å². The average Bonchev–Trinajstić information content (AvgIpc) is 3.01. The van der Waals surface area contributed by atoms with Gasteiger partial charge in [0.05, 0.1) is 4.90 Å². The first-order valence-corrected chi connectivity index (χ1v) is 8.41. The molecule has 5 heteroatoms. The highest BCUT2D eigenvalue weighted by Gasteiger charge is 2.12. The van der Waals surface area contributed by atoms with Crippen LogP contribution in [-0.2, 0) is 10.1 Å². The van der Waals surface area contributed by atoms with Crippen LogP contribution in [0.1, 0.15) is 12.8 Å². The zero-order valence-electron chi connectivity index (χ0n) is 11.6. The first-order chi connectivity index (χ1) is 10.0. The minimum Gasteiger partial charge on any atom is -0.372 e. The largest absolute Gasteiger partial charge is 0.372 e. The number of anilines is 1. The molecule has 110 valence electrons. The van der Waals surface area contributed by atoms with E-state index in [0.29, 0.717) is 0 Å². The van der Waals surface area contributed by atoms with Gasteiger partial charge < -0.3 is 4.90 Å². The molecule has 0 unspecified atom stereocenters. The van der Waals surface area contributed by atoms with Crippen molar-refractivity contribution in [2.24, 2.45) is 0 Å². The Morgan fingerprint density at radius 2 is 1.29 bits per heavy atom. The lowest BCUT2D eigenvalue weighted by atomic mass is 10.1. The molecule has 1 aliphatic rings. The van der Waals surface area contributed by atoms with Gasteiger partial charge in [-0.05, 0) is 48.2 Å². The molecule has 21 heavy (non-hydrogen) atoms. The molecule has 1 fully saturated rings. The zero-order chi connectivity index (χ0) is 14.9. The van der Waals surface area contributed by atoms with Gasteiger partial charge in [0, 0.05) is 18.8 Å². The Hall–Kier alpha value is -1.85. The van der Waals surface area contributed by atoms with Crippen molar-refractivity contribution in [1.82, 2.24) is 0 Å². The lowest BCUT2D eigenvalue weighted by Gasteiger charge is -2.17. The van der Waals surface area contributed by atoms with Gasteiger partial charge >= 0.3 is 0 Å². The van der Waals surface area contributed by atoms with Crippen LogP contribution in [0.25, 0.3) is 11.1 Å². The van der Waals surface area contributed by atoms with Crippen LogP contribution in [0.5, 0.6) is 0 Å². The van der Waals surface area contributed by atoms with E-state index < -0.39 is 10.1 Å². The molecule has 0 amide bonds. The molecule has 1 heterocycles. The summed E-state index contributed by atoms with van der Waals surface area (Å²) < 4.78 is 31.0. The third-order valence-corrected chi connectivity index (χ3v) is 4.69. The van der Waals surface area contributed by atoms with E-state index in [1.54, 1.807) is 12.1 Å². The highest BCUT2D eigenvalue weighted by Crippen LogP contribution is 2.26. The van der Waals surface area contributed by atoms with Crippen LogP contribution in [0.4, 0.5) is 5.69 Å². The van der Waals surface area contributed by atoms with Crippen LogP contribution in [0.2, 0.25) is 0 Å². The SMILES string of the molecule is O=S(=O)(O)c1ccc(-c2ccc(N3CCCC3)cc2)cc1. The van der Waals surface area contributed by atoms with E-state index >= 15 is 0 Å². The van der Waals surface area contributed by atoms with E-state index in [1.165, 1.54) is 30.7 Å². The number of rotatable bonds is 3. The summed E-state index contributed by atoms with van der Waals surface area (Å²) in [6, 6.07) is 14.5. The van der Waals surface area contributed by atoms with Crippen molar-refractivity contribution in [3.05, 3.63) is 48.5 Å². The first-order valence-electron chi connectivity index (χ1n) is 6.97. The van der Waals surface area contributed by atoms with Crippen molar-refractivity contribution in [3.8, 4) is 11.1 Å². The van der Waals surface area contributed by atoms with Crippen LogP contribution in [0.3, 0.4) is 0 Å². The van der Waals surface area contributed by atoms with E-state index in [4.69, 9.17) is 4.55 Å². The maximum Gasteiger partial charge on any atom is 0.294 e. The quantitative estimate of drug-likeness (QED) is 0.885. The monoisotopic (exact) mass is 303 g/mol. The normalized spacial score (nSPS) is 15.4. The summed E-state index contributed by atoms with van der Waals surface area (Å²) in [6.07, 6.45) is 2.50. The summed E-state index contributed by atoms with van der Waals surface area (Å²) in [5.41, 5.74) is 3.18. The molecule has 1 saturated heterocycles. The predicted octanol–water partition coefficient (Wildman–Crippen LogP) is 3.20. The summed E-state index contributed by atoms with van der Waals surface area (Å²) in [6.45, 7) is 2.23. The maximum atomic E-state index is 11.0. The Kier molecular flexibility index (Phi) is 3.69. The molecule has 1 aliphatic heterocycles. The van der Waals surface area contributed by atoms with Crippen molar-refractivity contribution >= 4 is 15.8 Å². The lowest BCUT2D eigenvalue weighted by Crippen LogP contribution is -2.17. The van der Waals surface area contributed by atoms with Crippen molar-refractivity contribution < 1.29 is 13.0 Å². The smallest absolute Gasteiger partial charge is 0.294 e. The minimum absolute atomic E-state index is 0.0834. The van der Waals surface area contributed by atoms with E-state index in [1.807, 2.05) is 12.1 Å². The van der Waals surface area contributed by atoms with Crippen LogP contribution in [-0.4, -0.2) is 26.1 Å². The minimum atomic E-state index is -4.13. The van der Waals surface area contributed by atoms with E-state index in [9.17, 15) is 8.42 Å². The van der Waals surface area contributed by atoms with Gasteiger partial charge in [-0.1, -0.05) is 24.3 Å². The van der Waals surface area contributed by atoms with Gasteiger partial charge in [0.1, 0.15) is 0 Å². The number of hydrogen-bond donors (Lipinski definition) is 1. The second-order valence-electron chi connectivity index (χ2n) is 5.24. The predicted molar refractivity (Wildman–Crippen MR) is 83.1 cm³/mol. The van der Waals surface area contributed by atoms with Crippen molar-refractivity contribution in [3.63, 3.8) is 0 Å². The van der Waals surface area contributed by atoms with Gasteiger partial charge in [-0.25, -0.2) is 0 Å². The second kappa shape index (κ2) is 5.50. The molecule has 4 nitrogen and oxygen atoms in total. The van der Waals surface area contributed by atoms with Crippen LogP contribution < -0.4 is 4.90 Å². The molecular weight excluding hydrogens is 286 g/mol. The Morgan fingerprint density at radius 3 is 1.76 bits per heavy atom. The molecular formula is C16H17NO3S. The number of hydrogen-bond acceptors (Lipinski definition) is 3. The van der Waals surface area contributed by atoms with Gasteiger partial charge in [0.15, 0.2) is 0 Å². The lowest BCUT2D eigenvalue weighted by molar-refractivity contribution is 0.483. The summed E-state index contributed by atoms with van der Waals surface area (Å²) in [7, 11) is -4.13. The highest BCUT2D eigenvalue weighted by molar-refractivity contribution is 7.85. The molecule has 0 atom stereocenters. The molecule has 0 aromatic heterocycles. The Bertz CT molecular complexity index is 715. The highest BCUT2D eigenvalue weighted by atomic mass is 32.2. The summed E-state index contributed by atoms with van der Waals surface area (Å²) in [5, 5.41) is 0. The third-order valence-electron chi connectivity index (χ3n) is 3.82. The summed E-state index contributed by atoms with van der Waals surface area (Å²) in [4.78, 5) is 2.28. The molecule has 2 aromatic rings. The van der Waals surface area contributed by atoms with Crippen LogP contribution in [0, 0.1) is 0 Å². The average molecular weight is 303 g/mol. The molecule has 0 radical (unpaired) electrons. The first kappa shape index (κ1) is 14.1. The van der Waals surface area contributed by atoms with Crippen LogP contribution in [0.15, 0.2) is 53.4 Å². The number of benzene rings is 2. The van der Waals surface area contributed by atoms with Crippen molar-refractivity contribution in [1.29, 1.82) is 0 Å². The fraction of sp³-hybridized carbons (Fsp3) is 0.250. The second-order valence-corrected chi connectivity index (χ2v) is 6.66. The van der Waals surface area contributed by atoms with Gasteiger partial charge in [0.25, 0.3) is 10.1 Å². The molecule has 3 rings (SSSR count). The summed E-state index contributed by atoms with van der Waals surface area (Å²) in [5.74, 6) is 0. The zero-order valence-corrected chi connectivity index (χ0v) is 12.4. The Balaban J connectivity index is 1.83. The third kappa shape index (κ3) is 3.09.